The number of piperazine rings is 1. The molecule has 1 aliphatic heterocycles. The lowest BCUT2D eigenvalue weighted by molar-refractivity contribution is 0.653. The van der Waals surface area contributed by atoms with E-state index >= 15 is 0 Å². The van der Waals surface area contributed by atoms with E-state index in [9.17, 15) is 0 Å². The maximum atomic E-state index is 5.25. The molecule has 1 heterocycles. The molecular formula is C20H26N10. The minimum Gasteiger partial charge on any atom is -0.369 e. The van der Waals surface area contributed by atoms with Crippen molar-refractivity contribution in [1.29, 1.82) is 0 Å². The van der Waals surface area contributed by atoms with Gasteiger partial charge in [-0.15, -0.1) is 10.2 Å². The summed E-state index contributed by atoms with van der Waals surface area (Å²) >= 11 is 0. The van der Waals surface area contributed by atoms with Crippen LogP contribution in [0.25, 0.3) is 0 Å². The quantitative estimate of drug-likeness (QED) is 0.305. The van der Waals surface area contributed by atoms with Crippen LogP contribution in [0, 0.1) is 0 Å². The summed E-state index contributed by atoms with van der Waals surface area (Å²) in [5.74, 6) is -0.121. The third-order valence-corrected chi connectivity index (χ3v) is 4.56. The second-order valence-electron chi connectivity index (χ2n) is 6.70. The predicted molar refractivity (Wildman–Crippen MR) is 124 cm³/mol. The van der Waals surface area contributed by atoms with E-state index in [1.54, 1.807) is 12.4 Å². The van der Waals surface area contributed by atoms with Crippen molar-refractivity contribution in [2.24, 2.45) is 43.3 Å². The normalized spacial score (nSPS) is 14.3. The Morgan fingerprint density at radius 2 is 0.933 bits per heavy atom. The van der Waals surface area contributed by atoms with Gasteiger partial charge in [0.25, 0.3) is 0 Å². The van der Waals surface area contributed by atoms with Gasteiger partial charge in [-0.1, -0.05) is 24.3 Å². The van der Waals surface area contributed by atoms with Crippen LogP contribution in [-0.2, 0) is 0 Å². The van der Waals surface area contributed by atoms with Gasteiger partial charge >= 0.3 is 0 Å². The maximum Gasteiger partial charge on any atom is 0.211 e. The first kappa shape index (κ1) is 20.6. The average Bonchev–Trinajstić information content (AvgIpc) is 2.74. The molecule has 0 spiro atoms. The Morgan fingerprint density at radius 3 is 1.23 bits per heavy atom. The molecule has 0 aromatic heterocycles. The molecule has 1 aliphatic rings. The number of benzene rings is 2. The minimum atomic E-state index is -0.0607. The molecule has 156 valence electrons. The van der Waals surface area contributed by atoms with Crippen molar-refractivity contribution in [3.05, 3.63) is 59.7 Å². The minimum absolute atomic E-state index is 0.0607. The summed E-state index contributed by atoms with van der Waals surface area (Å²) in [4.78, 5) is 4.73. The fourth-order valence-electron chi connectivity index (χ4n) is 3.09. The maximum absolute atomic E-state index is 5.25. The summed E-state index contributed by atoms with van der Waals surface area (Å²) in [5.41, 5.74) is 25.2. The number of hydrogen-bond acceptors (Lipinski definition) is 6. The fourth-order valence-corrected chi connectivity index (χ4v) is 3.09. The van der Waals surface area contributed by atoms with E-state index in [0.29, 0.717) is 0 Å². The summed E-state index contributed by atoms with van der Waals surface area (Å²) in [7, 11) is 0. The van der Waals surface area contributed by atoms with Crippen LogP contribution in [0.5, 0.6) is 0 Å². The molecule has 0 saturated carbocycles. The second kappa shape index (κ2) is 9.92. The molecule has 0 aliphatic carbocycles. The molecule has 10 heteroatoms. The molecular weight excluding hydrogens is 380 g/mol. The van der Waals surface area contributed by atoms with Crippen LogP contribution in [0.2, 0.25) is 0 Å². The highest BCUT2D eigenvalue weighted by Crippen LogP contribution is 2.21. The van der Waals surface area contributed by atoms with Gasteiger partial charge in [0.2, 0.25) is 11.9 Å². The van der Waals surface area contributed by atoms with Crippen molar-refractivity contribution in [2.75, 3.05) is 36.0 Å². The highest BCUT2D eigenvalue weighted by atomic mass is 15.3. The molecule has 0 unspecified atom stereocenters. The Labute approximate surface area is 175 Å². The van der Waals surface area contributed by atoms with E-state index in [1.165, 1.54) is 11.4 Å². The van der Waals surface area contributed by atoms with Gasteiger partial charge in [0.05, 0.1) is 12.4 Å². The number of hydrogen-bond donors (Lipinski definition) is 4. The van der Waals surface area contributed by atoms with E-state index < -0.39 is 0 Å². The molecule has 30 heavy (non-hydrogen) atoms. The van der Waals surface area contributed by atoms with Crippen LogP contribution in [0.3, 0.4) is 0 Å². The van der Waals surface area contributed by atoms with Gasteiger partial charge in [-0.2, -0.15) is 10.2 Å². The largest absolute Gasteiger partial charge is 0.369 e. The molecule has 3 rings (SSSR count). The van der Waals surface area contributed by atoms with Gasteiger partial charge in [0, 0.05) is 37.6 Å². The first-order valence-electron chi connectivity index (χ1n) is 9.45. The zero-order valence-corrected chi connectivity index (χ0v) is 16.6. The van der Waals surface area contributed by atoms with Crippen molar-refractivity contribution in [1.82, 2.24) is 0 Å². The first-order chi connectivity index (χ1) is 14.5. The van der Waals surface area contributed by atoms with Crippen LogP contribution in [0.4, 0.5) is 11.4 Å². The Kier molecular flexibility index (Phi) is 6.83. The smallest absolute Gasteiger partial charge is 0.211 e. The van der Waals surface area contributed by atoms with E-state index in [-0.39, 0.29) is 11.9 Å². The predicted octanol–water partition coefficient (Wildman–Crippen LogP) is 0.228. The number of rotatable bonds is 6. The fraction of sp³-hybridized carbons (Fsp3) is 0.200. The summed E-state index contributed by atoms with van der Waals surface area (Å²) in [6.07, 6.45) is 3.24. The van der Waals surface area contributed by atoms with Gasteiger partial charge in [-0.05, 0) is 35.4 Å². The average molecular weight is 406 g/mol. The van der Waals surface area contributed by atoms with E-state index in [4.69, 9.17) is 22.9 Å². The Bertz CT molecular complexity index is 849. The number of nitrogens with zero attached hydrogens (tertiary/aromatic N) is 6. The standard InChI is InChI=1S/C20H26N10/c21-19(22)27-25-13-15-1-5-17(6-2-15)29-9-11-30(12-10-29)18-7-3-16(4-8-18)14-26-28-20(23)24/h1-8,13-14H,9-12H2,(H4,21,22,27)(H4,23,24,28)/b25-13+,26-14+. The number of guanidine groups is 2. The van der Waals surface area contributed by atoms with Crippen LogP contribution in [-0.4, -0.2) is 50.5 Å². The lowest BCUT2D eigenvalue weighted by Gasteiger charge is -2.37. The topological polar surface area (TPSA) is 160 Å². The monoisotopic (exact) mass is 406 g/mol. The summed E-state index contributed by atoms with van der Waals surface area (Å²) in [6.45, 7) is 3.76. The third kappa shape index (κ3) is 5.96. The SMILES string of the molecule is NC(N)=N/N=C/c1ccc(N2CCN(c3ccc(/C=N/N=C(N)N)cc3)CC2)cc1. The lowest BCUT2D eigenvalue weighted by Crippen LogP contribution is -2.46. The zero-order valence-electron chi connectivity index (χ0n) is 16.6. The Balaban J connectivity index is 1.54. The Morgan fingerprint density at radius 1 is 0.600 bits per heavy atom. The second-order valence-corrected chi connectivity index (χ2v) is 6.70. The van der Waals surface area contributed by atoms with Crippen molar-refractivity contribution in [3.63, 3.8) is 0 Å². The van der Waals surface area contributed by atoms with Crippen LogP contribution in [0.1, 0.15) is 11.1 Å². The molecule has 1 fully saturated rings. The zero-order chi connectivity index (χ0) is 21.3. The van der Waals surface area contributed by atoms with Crippen LogP contribution in [0.15, 0.2) is 68.9 Å². The van der Waals surface area contributed by atoms with Crippen molar-refractivity contribution >= 4 is 35.7 Å². The van der Waals surface area contributed by atoms with Crippen molar-refractivity contribution < 1.29 is 0 Å². The number of anilines is 2. The first-order valence-corrected chi connectivity index (χ1v) is 9.45. The highest BCUT2D eigenvalue weighted by molar-refractivity contribution is 5.83. The molecule has 2 aromatic rings. The summed E-state index contributed by atoms with van der Waals surface area (Å²) < 4.78 is 0. The van der Waals surface area contributed by atoms with Gasteiger partial charge in [0.1, 0.15) is 0 Å². The molecule has 0 amide bonds. The van der Waals surface area contributed by atoms with Crippen LogP contribution >= 0.6 is 0 Å². The third-order valence-electron chi connectivity index (χ3n) is 4.56. The van der Waals surface area contributed by atoms with E-state index in [2.05, 4.69) is 54.5 Å². The highest BCUT2D eigenvalue weighted by Gasteiger charge is 2.17. The van der Waals surface area contributed by atoms with Gasteiger partial charge in [-0.25, -0.2) is 0 Å². The van der Waals surface area contributed by atoms with E-state index in [0.717, 1.165) is 37.3 Å². The van der Waals surface area contributed by atoms with Crippen molar-refractivity contribution in [2.45, 2.75) is 0 Å². The van der Waals surface area contributed by atoms with Crippen molar-refractivity contribution in [3.8, 4) is 0 Å². The van der Waals surface area contributed by atoms with Gasteiger partial charge in [-0.3, -0.25) is 0 Å². The lowest BCUT2D eigenvalue weighted by atomic mass is 10.1. The molecule has 2 aromatic carbocycles. The van der Waals surface area contributed by atoms with Crippen LogP contribution < -0.4 is 32.7 Å². The van der Waals surface area contributed by atoms with Gasteiger partial charge in [0.15, 0.2) is 0 Å². The van der Waals surface area contributed by atoms with Gasteiger partial charge < -0.3 is 32.7 Å². The molecule has 1 saturated heterocycles. The summed E-state index contributed by atoms with van der Waals surface area (Å²) in [6, 6.07) is 16.3. The van der Waals surface area contributed by atoms with E-state index in [1.807, 2.05) is 24.3 Å². The number of nitrogens with two attached hydrogens (primary N) is 4. The summed E-state index contributed by atoms with van der Waals surface area (Å²) in [5, 5.41) is 14.8. The Hall–Kier alpha value is -4.08. The molecule has 0 atom stereocenters. The molecule has 0 bridgehead atoms. The molecule has 8 N–H and O–H groups in total. The molecule has 0 radical (unpaired) electrons. The molecule has 10 nitrogen and oxygen atoms in total.